The van der Waals surface area contributed by atoms with Crippen LogP contribution >= 0.6 is 0 Å². The smallest absolute Gasteiger partial charge is 0.143 e. The fourth-order valence-electron chi connectivity index (χ4n) is 5.94. The van der Waals surface area contributed by atoms with Gasteiger partial charge in [0, 0.05) is 33.2 Å². The molecule has 7 aromatic carbocycles. The van der Waals surface area contributed by atoms with Gasteiger partial charge in [-0.15, -0.1) is 0 Å². The number of anilines is 3. The highest BCUT2D eigenvalue weighted by atomic mass is 16.3. The van der Waals surface area contributed by atoms with Crippen LogP contribution in [0.4, 0.5) is 17.1 Å². The molecule has 0 unspecified atom stereocenters. The maximum Gasteiger partial charge on any atom is 0.143 e. The molecule has 0 amide bonds. The van der Waals surface area contributed by atoms with Gasteiger partial charge < -0.3 is 9.32 Å². The summed E-state index contributed by atoms with van der Waals surface area (Å²) in [6, 6.07) is 57.9. The van der Waals surface area contributed by atoms with Crippen molar-refractivity contribution in [3.63, 3.8) is 0 Å². The average molecular weight is 538 g/mol. The van der Waals surface area contributed by atoms with Crippen molar-refractivity contribution in [3.05, 3.63) is 164 Å². The molecule has 42 heavy (non-hydrogen) atoms. The lowest BCUT2D eigenvalue weighted by Gasteiger charge is -2.25. The fourth-order valence-corrected chi connectivity index (χ4v) is 5.94. The van der Waals surface area contributed by atoms with Gasteiger partial charge in [0.25, 0.3) is 0 Å². The maximum absolute atomic E-state index is 6.39. The summed E-state index contributed by atoms with van der Waals surface area (Å²) in [5.74, 6) is 0. The molecule has 1 heterocycles. The Morgan fingerprint density at radius 3 is 1.62 bits per heavy atom. The number of rotatable bonds is 5. The van der Waals surface area contributed by atoms with Crippen molar-refractivity contribution in [2.75, 3.05) is 4.90 Å². The molecule has 0 radical (unpaired) electrons. The van der Waals surface area contributed by atoms with E-state index in [1.807, 2.05) is 0 Å². The second-order valence-electron chi connectivity index (χ2n) is 10.6. The third-order valence-electron chi connectivity index (χ3n) is 8.07. The average Bonchev–Trinajstić information content (AvgIpc) is 3.45. The Labute approximate surface area is 244 Å². The first-order chi connectivity index (χ1) is 20.8. The molecule has 0 saturated heterocycles. The van der Waals surface area contributed by atoms with E-state index in [1.165, 1.54) is 27.6 Å². The molecule has 0 atom stereocenters. The number of benzene rings is 7. The van der Waals surface area contributed by atoms with Crippen LogP contribution in [0.5, 0.6) is 0 Å². The Bertz CT molecular complexity index is 2160. The van der Waals surface area contributed by atoms with Gasteiger partial charge in [-0.2, -0.15) is 0 Å². The van der Waals surface area contributed by atoms with Gasteiger partial charge in [0.1, 0.15) is 11.2 Å². The Morgan fingerprint density at radius 2 is 0.905 bits per heavy atom. The summed E-state index contributed by atoms with van der Waals surface area (Å²) < 4.78 is 6.39. The fraction of sp³-hybridized carbons (Fsp3) is 0. The summed E-state index contributed by atoms with van der Waals surface area (Å²) in [5, 5.41) is 4.57. The lowest BCUT2D eigenvalue weighted by molar-refractivity contribution is 0.672. The molecule has 198 valence electrons. The van der Waals surface area contributed by atoms with Crippen LogP contribution in [-0.4, -0.2) is 0 Å². The van der Waals surface area contributed by atoms with Crippen LogP contribution in [0.25, 0.3) is 55.0 Å². The van der Waals surface area contributed by atoms with E-state index >= 15 is 0 Å². The molecule has 0 aliphatic carbocycles. The van der Waals surface area contributed by atoms with Crippen LogP contribution in [0.1, 0.15) is 0 Å². The summed E-state index contributed by atoms with van der Waals surface area (Å²) >= 11 is 0. The van der Waals surface area contributed by atoms with Crippen LogP contribution < -0.4 is 4.90 Å². The Kier molecular flexibility index (Phi) is 5.82. The molecule has 1 aromatic heterocycles. The summed E-state index contributed by atoms with van der Waals surface area (Å²) in [6.45, 7) is 0. The van der Waals surface area contributed by atoms with Gasteiger partial charge >= 0.3 is 0 Å². The van der Waals surface area contributed by atoms with Crippen molar-refractivity contribution in [2.24, 2.45) is 0 Å². The molecule has 0 saturated carbocycles. The van der Waals surface area contributed by atoms with Crippen molar-refractivity contribution in [2.45, 2.75) is 0 Å². The maximum atomic E-state index is 6.39. The molecule has 2 heteroatoms. The largest absolute Gasteiger partial charge is 0.455 e. The molecule has 0 spiro atoms. The zero-order valence-electron chi connectivity index (χ0n) is 22.9. The van der Waals surface area contributed by atoms with E-state index in [0.29, 0.717) is 0 Å². The minimum Gasteiger partial charge on any atom is -0.455 e. The molecule has 0 N–H and O–H groups in total. The zero-order valence-corrected chi connectivity index (χ0v) is 22.9. The number of hydrogen-bond donors (Lipinski definition) is 0. The number of furan rings is 1. The van der Waals surface area contributed by atoms with Gasteiger partial charge in [-0.1, -0.05) is 115 Å². The third-order valence-corrected chi connectivity index (χ3v) is 8.07. The quantitative estimate of drug-likeness (QED) is 0.217. The summed E-state index contributed by atoms with van der Waals surface area (Å²) in [4.78, 5) is 2.31. The summed E-state index contributed by atoms with van der Waals surface area (Å²) in [5.41, 5.74) is 9.97. The number of para-hydroxylation sites is 1. The highest BCUT2D eigenvalue weighted by Crippen LogP contribution is 2.40. The predicted molar refractivity (Wildman–Crippen MR) is 177 cm³/mol. The van der Waals surface area contributed by atoms with E-state index in [4.69, 9.17) is 4.42 Å². The van der Waals surface area contributed by atoms with Crippen molar-refractivity contribution in [1.29, 1.82) is 0 Å². The second-order valence-corrected chi connectivity index (χ2v) is 10.6. The molecule has 0 fully saturated rings. The van der Waals surface area contributed by atoms with Crippen molar-refractivity contribution in [3.8, 4) is 22.3 Å². The van der Waals surface area contributed by atoms with E-state index in [-0.39, 0.29) is 0 Å². The van der Waals surface area contributed by atoms with Gasteiger partial charge in [0.2, 0.25) is 0 Å². The molecular formula is C40H27NO. The first-order valence-electron chi connectivity index (χ1n) is 14.3. The van der Waals surface area contributed by atoms with Gasteiger partial charge in [-0.3, -0.25) is 0 Å². The lowest BCUT2D eigenvalue weighted by atomic mass is 10.00. The SMILES string of the molecule is c1ccc(-c2ccc(-c3ccc(N(c4ccccc4)c4ccc5oc6c7ccccc7ccc6c5c4)cc3)cc2)cc1. The first-order valence-corrected chi connectivity index (χ1v) is 14.3. The van der Waals surface area contributed by atoms with Crippen LogP contribution in [-0.2, 0) is 0 Å². The standard InChI is InChI=1S/C40H27NO/c1-3-9-28(10-4-1)29-15-17-30(18-16-29)31-19-22-34(23-20-31)41(33-12-5-2-6-13-33)35-24-26-39-38(27-35)37-25-21-32-11-7-8-14-36(32)40(37)42-39/h1-27H. The molecule has 0 aliphatic rings. The molecule has 8 rings (SSSR count). The van der Waals surface area contributed by atoms with E-state index in [9.17, 15) is 0 Å². The molecule has 8 aromatic rings. The highest BCUT2D eigenvalue weighted by Gasteiger charge is 2.16. The normalized spacial score (nSPS) is 11.3. The third kappa shape index (κ3) is 4.22. The second kappa shape index (κ2) is 10.1. The van der Waals surface area contributed by atoms with Crippen LogP contribution in [0, 0.1) is 0 Å². The van der Waals surface area contributed by atoms with Crippen LogP contribution in [0.3, 0.4) is 0 Å². The lowest BCUT2D eigenvalue weighted by Crippen LogP contribution is -2.09. The molecule has 0 bridgehead atoms. The minimum absolute atomic E-state index is 0.896. The monoisotopic (exact) mass is 537 g/mol. The zero-order chi connectivity index (χ0) is 27.9. The molecular weight excluding hydrogens is 510 g/mol. The first kappa shape index (κ1) is 24.2. The molecule has 0 aliphatic heterocycles. The van der Waals surface area contributed by atoms with E-state index < -0.39 is 0 Å². The summed E-state index contributed by atoms with van der Waals surface area (Å²) in [7, 11) is 0. The van der Waals surface area contributed by atoms with Gasteiger partial charge in [0.15, 0.2) is 0 Å². The van der Waals surface area contributed by atoms with E-state index in [0.717, 1.165) is 44.4 Å². The van der Waals surface area contributed by atoms with Crippen molar-refractivity contribution >= 4 is 49.8 Å². The predicted octanol–water partition coefficient (Wildman–Crippen LogP) is 11.5. The van der Waals surface area contributed by atoms with Gasteiger partial charge in [0.05, 0.1) is 0 Å². The van der Waals surface area contributed by atoms with E-state index in [2.05, 4.69) is 169 Å². The van der Waals surface area contributed by atoms with Crippen molar-refractivity contribution in [1.82, 2.24) is 0 Å². The highest BCUT2D eigenvalue weighted by molar-refractivity contribution is 6.15. The molecule has 2 nitrogen and oxygen atoms in total. The minimum atomic E-state index is 0.896. The Hall–Kier alpha value is -5.60. The number of fused-ring (bicyclic) bond motifs is 5. The Balaban J connectivity index is 1.19. The Morgan fingerprint density at radius 1 is 0.357 bits per heavy atom. The number of hydrogen-bond acceptors (Lipinski definition) is 2. The van der Waals surface area contributed by atoms with Crippen LogP contribution in [0.15, 0.2) is 168 Å². The van der Waals surface area contributed by atoms with Crippen LogP contribution in [0.2, 0.25) is 0 Å². The summed E-state index contributed by atoms with van der Waals surface area (Å²) in [6.07, 6.45) is 0. The number of nitrogens with zero attached hydrogens (tertiary/aromatic N) is 1. The van der Waals surface area contributed by atoms with Gasteiger partial charge in [-0.05, 0) is 76.2 Å². The van der Waals surface area contributed by atoms with Crippen molar-refractivity contribution < 1.29 is 4.42 Å². The van der Waals surface area contributed by atoms with E-state index in [1.54, 1.807) is 0 Å². The topological polar surface area (TPSA) is 16.4 Å². The van der Waals surface area contributed by atoms with Gasteiger partial charge in [-0.25, -0.2) is 0 Å².